The van der Waals surface area contributed by atoms with E-state index in [0.29, 0.717) is 11.6 Å². The molecule has 0 saturated carbocycles. The Balaban J connectivity index is 1.88. The molecule has 18 heavy (non-hydrogen) atoms. The Morgan fingerprint density at radius 2 is 2.33 bits per heavy atom. The van der Waals surface area contributed by atoms with E-state index in [9.17, 15) is 4.79 Å². The van der Waals surface area contributed by atoms with Crippen molar-refractivity contribution in [3.63, 3.8) is 0 Å². The summed E-state index contributed by atoms with van der Waals surface area (Å²) in [6.07, 6.45) is 0.905. The second-order valence-electron chi connectivity index (χ2n) is 4.83. The molecular weight excluding hydrogens is 232 g/mol. The number of morpholine rings is 1. The van der Waals surface area contributed by atoms with Gasteiger partial charge in [-0.2, -0.15) is 0 Å². The lowest BCUT2D eigenvalue weighted by Gasteiger charge is -2.40. The highest BCUT2D eigenvalue weighted by Crippen LogP contribution is 2.26. The van der Waals surface area contributed by atoms with E-state index >= 15 is 0 Å². The summed E-state index contributed by atoms with van der Waals surface area (Å²) in [5, 5.41) is 8.65. The van der Waals surface area contributed by atoms with Gasteiger partial charge in [0.1, 0.15) is 0 Å². The standard InChI is InChI=1S/C13H16N2O3/c16-13(14-17)9-1-2-10-7-15-3-4-18-8-12(15)6-11(10)5-9/h1-2,5,12,17H,3-4,6-8H2,(H,14,16)/t12-/m1/s1. The van der Waals surface area contributed by atoms with Crippen LogP contribution in [0.2, 0.25) is 0 Å². The van der Waals surface area contributed by atoms with Crippen molar-refractivity contribution in [1.82, 2.24) is 10.4 Å². The summed E-state index contributed by atoms with van der Waals surface area (Å²) in [4.78, 5) is 13.8. The van der Waals surface area contributed by atoms with Crippen molar-refractivity contribution in [2.75, 3.05) is 19.8 Å². The molecule has 96 valence electrons. The molecule has 1 atom stereocenters. The lowest BCUT2D eigenvalue weighted by atomic mass is 9.92. The molecule has 1 amide bonds. The average molecular weight is 248 g/mol. The van der Waals surface area contributed by atoms with Gasteiger partial charge in [-0.05, 0) is 29.7 Å². The number of amides is 1. The van der Waals surface area contributed by atoms with Crippen LogP contribution >= 0.6 is 0 Å². The van der Waals surface area contributed by atoms with Crippen molar-refractivity contribution in [2.24, 2.45) is 0 Å². The zero-order chi connectivity index (χ0) is 12.5. The predicted molar refractivity (Wildman–Crippen MR) is 64.4 cm³/mol. The van der Waals surface area contributed by atoms with Gasteiger partial charge in [0.2, 0.25) is 0 Å². The molecule has 0 aliphatic carbocycles. The summed E-state index contributed by atoms with van der Waals surface area (Å²) in [6.45, 7) is 3.46. The van der Waals surface area contributed by atoms with Gasteiger partial charge in [0.25, 0.3) is 5.91 Å². The van der Waals surface area contributed by atoms with E-state index in [-0.39, 0.29) is 0 Å². The zero-order valence-electron chi connectivity index (χ0n) is 10.1. The van der Waals surface area contributed by atoms with Gasteiger partial charge in [-0.15, -0.1) is 0 Å². The maximum Gasteiger partial charge on any atom is 0.274 e. The number of nitrogens with zero attached hydrogens (tertiary/aromatic N) is 1. The predicted octanol–water partition coefficient (Wildman–Crippen LogP) is 0.562. The van der Waals surface area contributed by atoms with Crippen molar-refractivity contribution < 1.29 is 14.7 Å². The van der Waals surface area contributed by atoms with Crippen LogP contribution in [0.15, 0.2) is 18.2 Å². The third kappa shape index (κ3) is 2.01. The van der Waals surface area contributed by atoms with Gasteiger partial charge >= 0.3 is 0 Å². The molecule has 0 unspecified atom stereocenters. The highest BCUT2D eigenvalue weighted by molar-refractivity contribution is 5.93. The third-order valence-corrected chi connectivity index (χ3v) is 3.75. The van der Waals surface area contributed by atoms with Crippen LogP contribution in [0.5, 0.6) is 0 Å². The smallest absolute Gasteiger partial charge is 0.274 e. The van der Waals surface area contributed by atoms with Gasteiger partial charge in [0, 0.05) is 24.7 Å². The highest BCUT2D eigenvalue weighted by Gasteiger charge is 2.29. The van der Waals surface area contributed by atoms with E-state index in [0.717, 1.165) is 32.7 Å². The number of hydrogen-bond donors (Lipinski definition) is 2. The van der Waals surface area contributed by atoms with Crippen LogP contribution in [0, 0.1) is 0 Å². The van der Waals surface area contributed by atoms with Crippen LogP contribution in [-0.4, -0.2) is 41.8 Å². The zero-order valence-corrected chi connectivity index (χ0v) is 10.1. The number of ether oxygens (including phenoxy) is 1. The largest absolute Gasteiger partial charge is 0.378 e. The molecule has 0 bridgehead atoms. The summed E-state index contributed by atoms with van der Waals surface area (Å²) in [5.41, 5.74) is 4.62. The summed E-state index contributed by atoms with van der Waals surface area (Å²) in [7, 11) is 0. The summed E-state index contributed by atoms with van der Waals surface area (Å²) < 4.78 is 5.49. The molecule has 5 heteroatoms. The van der Waals surface area contributed by atoms with E-state index in [2.05, 4.69) is 4.90 Å². The number of carbonyl (C=O) groups is 1. The SMILES string of the molecule is O=C(NO)c1ccc2c(c1)C[C@@H]1COCCN1C2. The minimum absolute atomic E-state index is 0.415. The van der Waals surface area contributed by atoms with Crippen LogP contribution < -0.4 is 5.48 Å². The van der Waals surface area contributed by atoms with E-state index in [1.807, 2.05) is 12.1 Å². The monoisotopic (exact) mass is 248 g/mol. The Kier molecular flexibility index (Phi) is 3.03. The molecule has 0 aromatic heterocycles. The van der Waals surface area contributed by atoms with Gasteiger partial charge in [-0.3, -0.25) is 14.9 Å². The van der Waals surface area contributed by atoms with Crippen molar-refractivity contribution >= 4 is 5.91 Å². The highest BCUT2D eigenvalue weighted by atomic mass is 16.5. The van der Waals surface area contributed by atoms with Crippen LogP contribution in [-0.2, 0) is 17.7 Å². The lowest BCUT2D eigenvalue weighted by molar-refractivity contribution is -0.0163. The molecule has 0 spiro atoms. The molecule has 2 N–H and O–H groups in total. The fourth-order valence-corrected chi connectivity index (χ4v) is 2.73. The number of carbonyl (C=O) groups excluding carboxylic acids is 1. The minimum Gasteiger partial charge on any atom is -0.378 e. The Bertz CT molecular complexity index is 475. The molecule has 5 nitrogen and oxygen atoms in total. The summed E-state index contributed by atoms with van der Waals surface area (Å²) in [6, 6.07) is 6.02. The Hall–Kier alpha value is -1.43. The van der Waals surface area contributed by atoms with Crippen molar-refractivity contribution in [2.45, 2.75) is 19.0 Å². The number of hydrogen-bond acceptors (Lipinski definition) is 4. The van der Waals surface area contributed by atoms with Gasteiger partial charge in [-0.1, -0.05) is 6.07 Å². The fraction of sp³-hybridized carbons (Fsp3) is 0.462. The Morgan fingerprint density at radius 1 is 1.44 bits per heavy atom. The Labute approximate surface area is 105 Å². The van der Waals surface area contributed by atoms with Crippen molar-refractivity contribution in [3.05, 3.63) is 34.9 Å². The maximum atomic E-state index is 11.4. The maximum absolute atomic E-state index is 11.4. The first-order valence-corrected chi connectivity index (χ1v) is 6.16. The molecule has 2 aliphatic rings. The van der Waals surface area contributed by atoms with Crippen LogP contribution in [0.25, 0.3) is 0 Å². The number of hydroxylamine groups is 1. The second-order valence-corrected chi connectivity index (χ2v) is 4.83. The molecular formula is C13H16N2O3. The number of rotatable bonds is 1. The van der Waals surface area contributed by atoms with Gasteiger partial charge in [-0.25, -0.2) is 5.48 Å². The van der Waals surface area contributed by atoms with E-state index in [1.165, 1.54) is 11.1 Å². The van der Waals surface area contributed by atoms with Crippen molar-refractivity contribution in [1.29, 1.82) is 0 Å². The molecule has 2 heterocycles. The van der Waals surface area contributed by atoms with Gasteiger partial charge < -0.3 is 4.74 Å². The number of benzene rings is 1. The van der Waals surface area contributed by atoms with Crippen LogP contribution in [0.3, 0.4) is 0 Å². The van der Waals surface area contributed by atoms with E-state index < -0.39 is 5.91 Å². The second kappa shape index (κ2) is 4.68. The lowest BCUT2D eigenvalue weighted by Crippen LogP contribution is -2.48. The first-order chi connectivity index (χ1) is 8.78. The molecule has 0 radical (unpaired) electrons. The first kappa shape index (κ1) is 11.6. The fourth-order valence-electron chi connectivity index (χ4n) is 2.73. The summed E-state index contributed by atoms with van der Waals surface area (Å²) in [5.74, 6) is -0.458. The number of nitrogens with one attached hydrogen (secondary N) is 1. The van der Waals surface area contributed by atoms with Crippen LogP contribution in [0.4, 0.5) is 0 Å². The van der Waals surface area contributed by atoms with E-state index in [4.69, 9.17) is 9.94 Å². The summed E-state index contributed by atoms with van der Waals surface area (Å²) >= 11 is 0. The molecule has 1 fully saturated rings. The van der Waals surface area contributed by atoms with E-state index in [1.54, 1.807) is 11.5 Å². The van der Waals surface area contributed by atoms with Gasteiger partial charge in [0.05, 0.1) is 13.2 Å². The Morgan fingerprint density at radius 3 is 3.17 bits per heavy atom. The van der Waals surface area contributed by atoms with Crippen LogP contribution in [0.1, 0.15) is 21.5 Å². The molecule has 1 aromatic carbocycles. The minimum atomic E-state index is -0.458. The van der Waals surface area contributed by atoms with Gasteiger partial charge in [0.15, 0.2) is 0 Å². The van der Waals surface area contributed by atoms with Crippen molar-refractivity contribution in [3.8, 4) is 0 Å². The third-order valence-electron chi connectivity index (χ3n) is 3.75. The molecule has 1 saturated heterocycles. The quantitative estimate of drug-likeness (QED) is 0.563. The molecule has 1 aromatic rings. The molecule has 3 rings (SSSR count). The average Bonchev–Trinajstić information content (AvgIpc) is 2.43. The topological polar surface area (TPSA) is 61.8 Å². The number of fused-ring (bicyclic) bond motifs is 2. The first-order valence-electron chi connectivity index (χ1n) is 6.16. The normalized spacial score (nSPS) is 23.1. The molecule has 2 aliphatic heterocycles.